The zero-order chi connectivity index (χ0) is 20.2. The first kappa shape index (κ1) is 19.2. The number of likely N-dealkylation sites (tertiary alicyclic amines) is 1. The third-order valence-electron chi connectivity index (χ3n) is 5.07. The van der Waals surface area contributed by atoms with Gasteiger partial charge in [0.25, 0.3) is 5.91 Å². The molecule has 0 bridgehead atoms. The van der Waals surface area contributed by atoms with E-state index in [0.29, 0.717) is 31.7 Å². The fourth-order valence-electron chi connectivity index (χ4n) is 3.47. The maximum absolute atomic E-state index is 13.7. The van der Waals surface area contributed by atoms with Crippen LogP contribution in [-0.2, 0) is 4.79 Å². The van der Waals surface area contributed by atoms with E-state index >= 15 is 0 Å². The highest BCUT2D eigenvalue weighted by Gasteiger charge is 2.25. The molecule has 1 heterocycles. The number of carbonyl (C=O) groups is 1. The molecule has 4 nitrogen and oxygen atoms in total. The second-order valence-electron chi connectivity index (χ2n) is 7.07. The molecule has 29 heavy (non-hydrogen) atoms. The molecule has 1 fully saturated rings. The number of nitrogens with zero attached hydrogens (tertiary/aromatic N) is 1. The molecule has 0 spiro atoms. The molecular formula is C23H21F2NO3. The molecule has 1 amide bonds. The monoisotopic (exact) mass is 397 g/mol. The second kappa shape index (κ2) is 8.47. The average Bonchev–Trinajstić information content (AvgIpc) is 2.74. The maximum atomic E-state index is 13.7. The summed E-state index contributed by atoms with van der Waals surface area (Å²) in [5.74, 6) is -0.753. The highest BCUT2D eigenvalue weighted by atomic mass is 19.1. The van der Waals surface area contributed by atoms with Crippen LogP contribution in [0.4, 0.5) is 8.78 Å². The van der Waals surface area contributed by atoms with Gasteiger partial charge in [0.15, 0.2) is 18.2 Å². The highest BCUT2D eigenvalue weighted by Crippen LogP contribution is 2.24. The van der Waals surface area contributed by atoms with Gasteiger partial charge in [-0.25, -0.2) is 8.78 Å². The number of benzene rings is 3. The Morgan fingerprint density at radius 3 is 2.48 bits per heavy atom. The van der Waals surface area contributed by atoms with Crippen LogP contribution in [0.3, 0.4) is 0 Å². The molecule has 0 unspecified atom stereocenters. The van der Waals surface area contributed by atoms with Gasteiger partial charge >= 0.3 is 0 Å². The van der Waals surface area contributed by atoms with E-state index in [2.05, 4.69) is 0 Å². The van der Waals surface area contributed by atoms with Crippen molar-refractivity contribution in [1.29, 1.82) is 0 Å². The minimum absolute atomic E-state index is 0.0313. The minimum atomic E-state index is -0.715. The lowest BCUT2D eigenvalue weighted by atomic mass is 10.1. The summed E-state index contributed by atoms with van der Waals surface area (Å²) in [6.45, 7) is 0.983. The fraction of sp³-hybridized carbons (Fsp3) is 0.261. The first-order chi connectivity index (χ1) is 14.1. The Morgan fingerprint density at radius 2 is 1.72 bits per heavy atom. The van der Waals surface area contributed by atoms with Crippen LogP contribution in [0.2, 0.25) is 0 Å². The number of carbonyl (C=O) groups excluding carboxylic acids is 1. The predicted octanol–water partition coefficient (Wildman–Crippen LogP) is 4.57. The zero-order valence-corrected chi connectivity index (χ0v) is 15.8. The molecule has 4 rings (SSSR count). The van der Waals surface area contributed by atoms with Crippen LogP contribution in [0.5, 0.6) is 11.5 Å². The molecular weight excluding hydrogens is 376 g/mol. The first-order valence-corrected chi connectivity index (χ1v) is 9.59. The van der Waals surface area contributed by atoms with E-state index in [4.69, 9.17) is 9.47 Å². The Hall–Kier alpha value is -3.15. The molecule has 3 aromatic rings. The van der Waals surface area contributed by atoms with E-state index in [0.717, 1.165) is 16.8 Å². The number of rotatable bonds is 5. The van der Waals surface area contributed by atoms with Crippen molar-refractivity contribution >= 4 is 16.7 Å². The van der Waals surface area contributed by atoms with Gasteiger partial charge in [-0.2, -0.15) is 0 Å². The molecule has 3 aromatic carbocycles. The van der Waals surface area contributed by atoms with Gasteiger partial charge in [0.1, 0.15) is 17.7 Å². The number of piperidine rings is 1. The van der Waals surface area contributed by atoms with Gasteiger partial charge in [0, 0.05) is 32.0 Å². The number of halogens is 2. The molecule has 1 saturated heterocycles. The smallest absolute Gasteiger partial charge is 0.260 e. The van der Waals surface area contributed by atoms with Gasteiger partial charge in [0.05, 0.1) is 0 Å². The first-order valence-electron chi connectivity index (χ1n) is 9.59. The SMILES string of the molecule is O=C(COc1ccc2ccccc2c1)N1CCC(Oc2ccc(F)cc2F)CC1. The Balaban J connectivity index is 1.27. The summed E-state index contributed by atoms with van der Waals surface area (Å²) in [6, 6.07) is 17.0. The number of hydrogen-bond donors (Lipinski definition) is 0. The van der Waals surface area contributed by atoms with E-state index in [1.807, 2.05) is 42.5 Å². The van der Waals surface area contributed by atoms with Crippen molar-refractivity contribution in [2.45, 2.75) is 18.9 Å². The van der Waals surface area contributed by atoms with Crippen LogP contribution in [-0.4, -0.2) is 36.6 Å². The fourth-order valence-corrected chi connectivity index (χ4v) is 3.47. The maximum Gasteiger partial charge on any atom is 0.260 e. The van der Waals surface area contributed by atoms with E-state index in [-0.39, 0.29) is 24.4 Å². The molecule has 0 saturated carbocycles. The molecule has 1 aliphatic heterocycles. The molecule has 0 aliphatic carbocycles. The Kier molecular flexibility index (Phi) is 5.60. The lowest BCUT2D eigenvalue weighted by Gasteiger charge is -2.32. The van der Waals surface area contributed by atoms with Crippen LogP contribution < -0.4 is 9.47 Å². The molecule has 150 valence electrons. The van der Waals surface area contributed by atoms with Crippen molar-refractivity contribution < 1.29 is 23.0 Å². The van der Waals surface area contributed by atoms with E-state index in [1.54, 1.807) is 4.90 Å². The molecule has 1 aliphatic rings. The van der Waals surface area contributed by atoms with Crippen molar-refractivity contribution in [2.75, 3.05) is 19.7 Å². The van der Waals surface area contributed by atoms with Crippen LogP contribution in [0, 0.1) is 11.6 Å². The van der Waals surface area contributed by atoms with Crippen LogP contribution in [0.25, 0.3) is 10.8 Å². The summed E-state index contributed by atoms with van der Waals surface area (Å²) >= 11 is 0. The lowest BCUT2D eigenvalue weighted by Crippen LogP contribution is -2.43. The second-order valence-corrected chi connectivity index (χ2v) is 7.07. The van der Waals surface area contributed by atoms with Gasteiger partial charge in [-0.15, -0.1) is 0 Å². The topological polar surface area (TPSA) is 38.8 Å². The van der Waals surface area contributed by atoms with Crippen molar-refractivity contribution in [2.24, 2.45) is 0 Å². The zero-order valence-electron chi connectivity index (χ0n) is 15.8. The Morgan fingerprint density at radius 1 is 0.966 bits per heavy atom. The summed E-state index contributed by atoms with van der Waals surface area (Å²) in [7, 11) is 0. The summed E-state index contributed by atoms with van der Waals surface area (Å²) in [5.41, 5.74) is 0. The summed E-state index contributed by atoms with van der Waals surface area (Å²) in [5, 5.41) is 2.18. The molecule has 0 atom stereocenters. The molecule has 6 heteroatoms. The van der Waals surface area contributed by atoms with E-state index in [9.17, 15) is 13.6 Å². The average molecular weight is 397 g/mol. The number of fused-ring (bicyclic) bond motifs is 1. The minimum Gasteiger partial charge on any atom is -0.487 e. The van der Waals surface area contributed by atoms with Gasteiger partial charge in [0.2, 0.25) is 0 Å². The van der Waals surface area contributed by atoms with E-state index in [1.165, 1.54) is 12.1 Å². The van der Waals surface area contributed by atoms with Crippen LogP contribution in [0.1, 0.15) is 12.8 Å². The molecule has 0 radical (unpaired) electrons. The van der Waals surface area contributed by atoms with Crippen molar-refractivity contribution in [3.8, 4) is 11.5 Å². The normalized spacial score (nSPS) is 14.8. The number of amides is 1. The third kappa shape index (κ3) is 4.65. The predicted molar refractivity (Wildman–Crippen MR) is 106 cm³/mol. The van der Waals surface area contributed by atoms with Crippen LogP contribution in [0.15, 0.2) is 60.7 Å². The largest absolute Gasteiger partial charge is 0.487 e. The molecule has 0 aromatic heterocycles. The number of ether oxygens (including phenoxy) is 2. The summed E-state index contributed by atoms with van der Waals surface area (Å²) < 4.78 is 38.0. The summed E-state index contributed by atoms with van der Waals surface area (Å²) in [4.78, 5) is 14.2. The van der Waals surface area contributed by atoms with Gasteiger partial charge in [-0.05, 0) is 35.0 Å². The highest BCUT2D eigenvalue weighted by molar-refractivity contribution is 5.84. The molecule has 0 N–H and O–H groups in total. The van der Waals surface area contributed by atoms with E-state index < -0.39 is 11.6 Å². The van der Waals surface area contributed by atoms with Crippen molar-refractivity contribution in [1.82, 2.24) is 4.90 Å². The van der Waals surface area contributed by atoms with Gasteiger partial charge in [-0.1, -0.05) is 30.3 Å². The Bertz CT molecular complexity index is 1020. The number of hydrogen-bond acceptors (Lipinski definition) is 3. The van der Waals surface area contributed by atoms with Gasteiger partial charge < -0.3 is 14.4 Å². The van der Waals surface area contributed by atoms with Gasteiger partial charge in [-0.3, -0.25) is 4.79 Å². The third-order valence-corrected chi connectivity index (χ3v) is 5.07. The summed E-state index contributed by atoms with van der Waals surface area (Å²) in [6.07, 6.45) is 0.956. The standard InChI is InChI=1S/C23H21F2NO3/c24-18-6-8-22(21(25)14-18)29-19-9-11-26(12-10-19)23(27)15-28-20-7-5-16-3-1-2-4-17(16)13-20/h1-8,13-14,19H,9-12,15H2. The Labute approximate surface area is 167 Å². The lowest BCUT2D eigenvalue weighted by molar-refractivity contribution is -0.135. The quantitative estimate of drug-likeness (QED) is 0.633. The van der Waals surface area contributed by atoms with Crippen molar-refractivity contribution in [3.63, 3.8) is 0 Å². The van der Waals surface area contributed by atoms with Crippen LogP contribution >= 0.6 is 0 Å². The van der Waals surface area contributed by atoms with Crippen molar-refractivity contribution in [3.05, 3.63) is 72.3 Å².